The molecular weight excluding hydrogens is 455 g/mol. The van der Waals surface area contributed by atoms with Crippen LogP contribution >= 0.6 is 15.9 Å². The second kappa shape index (κ2) is 8.27. The summed E-state index contributed by atoms with van der Waals surface area (Å²) in [6.45, 7) is 9.64. The minimum Gasteiger partial charge on any atom is -0.242 e. The number of hydrogen-bond donors (Lipinski definition) is 1. The van der Waals surface area contributed by atoms with Crippen molar-refractivity contribution in [2.24, 2.45) is 0 Å². The normalized spacial score (nSPS) is 18.2. The molecule has 0 spiro atoms. The van der Waals surface area contributed by atoms with E-state index < -0.39 is 47.4 Å². The van der Waals surface area contributed by atoms with Crippen LogP contribution in [-0.4, -0.2) is 27.9 Å². The van der Waals surface area contributed by atoms with E-state index in [1.807, 2.05) is 6.07 Å². The van der Waals surface area contributed by atoms with E-state index in [-0.39, 0.29) is 12.0 Å². The van der Waals surface area contributed by atoms with E-state index in [0.29, 0.717) is 4.47 Å². The lowest BCUT2D eigenvalue weighted by Crippen LogP contribution is -2.53. The largest absolute Gasteiger partial charge is 0.242 e. The molecule has 0 amide bonds. The fourth-order valence-corrected chi connectivity index (χ4v) is 5.58. The molecule has 0 saturated heterocycles. The number of hydrogen-bond acceptors (Lipinski definition) is 4. The van der Waals surface area contributed by atoms with Gasteiger partial charge in [-0.05, 0) is 59.2 Å². The van der Waals surface area contributed by atoms with Gasteiger partial charge in [0.1, 0.15) is 5.82 Å². The minimum atomic E-state index is -3.99. The zero-order valence-electron chi connectivity index (χ0n) is 16.4. The molecule has 0 heterocycles. The monoisotopic (exact) mass is 480 g/mol. The van der Waals surface area contributed by atoms with Gasteiger partial charge in [0.25, 0.3) is 0 Å². The first kappa shape index (κ1) is 24.2. The van der Waals surface area contributed by atoms with Gasteiger partial charge >= 0.3 is 0 Å². The SMILES string of the molecule is CCC(C)(C#N)S(=O)(=O)C[C@](C)(NS(=O)C(C)(C)C)c1cc(Br)ccc1F. The van der Waals surface area contributed by atoms with Crippen LogP contribution in [-0.2, 0) is 26.4 Å². The summed E-state index contributed by atoms with van der Waals surface area (Å²) in [5.41, 5.74) is -1.44. The summed E-state index contributed by atoms with van der Waals surface area (Å²) in [6, 6.07) is 6.04. The quantitative estimate of drug-likeness (QED) is 0.639. The number of nitriles is 1. The van der Waals surface area contributed by atoms with Gasteiger partial charge in [-0.25, -0.2) is 21.7 Å². The molecule has 1 rings (SSSR count). The molecule has 1 N–H and O–H groups in total. The molecule has 9 heteroatoms. The van der Waals surface area contributed by atoms with E-state index in [1.165, 1.54) is 32.0 Å². The molecule has 0 aromatic heterocycles. The molecule has 2 unspecified atom stereocenters. The molecule has 0 aliphatic rings. The number of rotatable bonds is 7. The average molecular weight is 481 g/mol. The van der Waals surface area contributed by atoms with Crippen LogP contribution in [0.15, 0.2) is 22.7 Å². The molecule has 0 aliphatic carbocycles. The number of nitrogens with one attached hydrogen (secondary N) is 1. The Labute approximate surface area is 172 Å². The molecule has 0 fully saturated rings. The maximum absolute atomic E-state index is 14.6. The minimum absolute atomic E-state index is 0.0643. The third-order valence-electron chi connectivity index (χ3n) is 4.47. The van der Waals surface area contributed by atoms with Crippen LogP contribution in [0.4, 0.5) is 4.39 Å². The summed E-state index contributed by atoms with van der Waals surface area (Å²) in [7, 11) is -5.66. The third kappa shape index (κ3) is 5.37. The molecule has 0 radical (unpaired) electrons. The van der Waals surface area contributed by atoms with Crippen molar-refractivity contribution in [3.8, 4) is 6.07 Å². The highest BCUT2D eigenvalue weighted by Gasteiger charge is 2.45. The molecule has 0 saturated carbocycles. The zero-order valence-corrected chi connectivity index (χ0v) is 19.6. The maximum Gasteiger partial charge on any atom is 0.171 e. The molecule has 5 nitrogen and oxygen atoms in total. The van der Waals surface area contributed by atoms with E-state index in [1.54, 1.807) is 27.7 Å². The van der Waals surface area contributed by atoms with Crippen molar-refractivity contribution in [2.75, 3.05) is 5.75 Å². The van der Waals surface area contributed by atoms with Gasteiger partial charge in [0.2, 0.25) is 0 Å². The molecule has 152 valence electrons. The first-order valence-electron chi connectivity index (χ1n) is 8.40. The van der Waals surface area contributed by atoms with Crippen molar-refractivity contribution in [2.45, 2.75) is 63.0 Å². The Bertz CT molecular complexity index is 878. The van der Waals surface area contributed by atoms with E-state index in [0.717, 1.165) is 0 Å². The second-order valence-corrected chi connectivity index (χ2v) is 13.2. The molecule has 27 heavy (non-hydrogen) atoms. The van der Waals surface area contributed by atoms with Gasteiger partial charge < -0.3 is 0 Å². The smallest absolute Gasteiger partial charge is 0.171 e. The van der Waals surface area contributed by atoms with E-state index in [2.05, 4.69) is 20.7 Å². The summed E-state index contributed by atoms with van der Waals surface area (Å²) in [5.74, 6) is -1.20. The Morgan fingerprint density at radius 3 is 2.26 bits per heavy atom. The predicted octanol–water partition coefficient (Wildman–Crippen LogP) is 3.96. The second-order valence-electron chi connectivity index (χ2n) is 7.89. The van der Waals surface area contributed by atoms with Crippen LogP contribution in [0.3, 0.4) is 0 Å². The lowest BCUT2D eigenvalue weighted by Gasteiger charge is -2.35. The average Bonchev–Trinajstić information content (AvgIpc) is 2.54. The van der Waals surface area contributed by atoms with Gasteiger partial charge in [-0.15, -0.1) is 0 Å². The van der Waals surface area contributed by atoms with Crippen molar-refractivity contribution >= 4 is 36.8 Å². The maximum atomic E-state index is 14.6. The van der Waals surface area contributed by atoms with Crippen molar-refractivity contribution in [1.29, 1.82) is 5.26 Å². The van der Waals surface area contributed by atoms with Gasteiger partial charge in [0, 0.05) is 10.0 Å². The van der Waals surface area contributed by atoms with Crippen LogP contribution in [0.5, 0.6) is 0 Å². The fraction of sp³-hybridized carbons (Fsp3) is 0.611. The van der Waals surface area contributed by atoms with Gasteiger partial charge in [-0.2, -0.15) is 5.26 Å². The fourth-order valence-electron chi connectivity index (χ4n) is 2.35. The topological polar surface area (TPSA) is 87.0 Å². The summed E-state index contributed by atoms with van der Waals surface area (Å²) < 4.78 is 54.5. The summed E-state index contributed by atoms with van der Waals surface area (Å²) in [4.78, 5) is 0. The molecular formula is C18H26BrFN2O3S2. The van der Waals surface area contributed by atoms with Gasteiger partial charge in [-0.3, -0.25) is 0 Å². The molecule has 0 aliphatic heterocycles. The summed E-state index contributed by atoms with van der Waals surface area (Å²) in [5, 5.41) is 9.41. The molecule has 3 atom stereocenters. The number of halogens is 2. The van der Waals surface area contributed by atoms with Crippen LogP contribution in [0.1, 0.15) is 53.5 Å². The van der Waals surface area contributed by atoms with E-state index >= 15 is 0 Å². The molecule has 1 aromatic rings. The Kier molecular flexibility index (Phi) is 7.42. The van der Waals surface area contributed by atoms with E-state index in [4.69, 9.17) is 0 Å². The Balaban J connectivity index is 3.59. The predicted molar refractivity (Wildman–Crippen MR) is 111 cm³/mol. The standard InChI is InChI=1S/C18H26BrFN2O3S2/c1-7-17(5,11-21)27(24,25)12-18(6,22-26(23)16(2,3)4)14-10-13(19)8-9-15(14)20/h8-10,22H,7,12H2,1-6H3/t17?,18-,26?/m0/s1. The lowest BCUT2D eigenvalue weighted by molar-refractivity contribution is 0.446. The van der Waals surface area contributed by atoms with Crippen molar-refractivity contribution in [3.63, 3.8) is 0 Å². The van der Waals surface area contributed by atoms with Crippen molar-refractivity contribution in [1.82, 2.24) is 4.72 Å². The third-order valence-corrected chi connectivity index (χ3v) is 9.43. The van der Waals surface area contributed by atoms with Crippen LogP contribution < -0.4 is 4.72 Å². The van der Waals surface area contributed by atoms with Crippen LogP contribution in [0.25, 0.3) is 0 Å². The first-order chi connectivity index (χ1) is 12.1. The summed E-state index contributed by atoms with van der Waals surface area (Å²) in [6.07, 6.45) is 0.0885. The Hall–Kier alpha value is -0.820. The van der Waals surface area contributed by atoms with Gasteiger partial charge in [0.15, 0.2) is 14.6 Å². The number of sulfone groups is 1. The molecule has 0 bridgehead atoms. The highest BCUT2D eigenvalue weighted by Crippen LogP contribution is 2.33. The van der Waals surface area contributed by atoms with E-state index in [9.17, 15) is 22.3 Å². The number of nitrogens with zero attached hydrogens (tertiary/aromatic N) is 1. The number of benzene rings is 1. The summed E-state index contributed by atoms with van der Waals surface area (Å²) >= 11 is 3.27. The van der Waals surface area contributed by atoms with Crippen molar-refractivity contribution in [3.05, 3.63) is 34.1 Å². The van der Waals surface area contributed by atoms with Crippen LogP contribution in [0.2, 0.25) is 0 Å². The Morgan fingerprint density at radius 1 is 1.26 bits per heavy atom. The van der Waals surface area contributed by atoms with Gasteiger partial charge in [0.05, 0.1) is 33.1 Å². The van der Waals surface area contributed by atoms with Gasteiger partial charge in [-0.1, -0.05) is 22.9 Å². The highest BCUT2D eigenvalue weighted by atomic mass is 79.9. The lowest BCUT2D eigenvalue weighted by atomic mass is 9.95. The Morgan fingerprint density at radius 2 is 1.81 bits per heavy atom. The molecule has 1 aromatic carbocycles. The zero-order chi connectivity index (χ0) is 21.3. The van der Waals surface area contributed by atoms with Crippen LogP contribution in [0, 0.1) is 17.1 Å². The first-order valence-corrected chi connectivity index (χ1v) is 12.0. The van der Waals surface area contributed by atoms with Crippen molar-refractivity contribution < 1.29 is 17.0 Å². The highest BCUT2D eigenvalue weighted by molar-refractivity contribution is 9.10.